The van der Waals surface area contributed by atoms with E-state index in [1.54, 1.807) is 0 Å². The third kappa shape index (κ3) is 2.53. The van der Waals surface area contributed by atoms with Crippen LogP contribution >= 0.6 is 11.6 Å². The summed E-state index contributed by atoms with van der Waals surface area (Å²) in [6, 6.07) is 3.76. The molecule has 0 spiro atoms. The molecule has 3 rings (SSSR count). The number of carbonyl (C=O) groups is 1. The number of fused-ring (bicyclic) bond motifs is 1. The van der Waals surface area contributed by atoms with Crippen LogP contribution in [-0.4, -0.2) is 18.4 Å². The van der Waals surface area contributed by atoms with Crippen LogP contribution in [0.4, 0.5) is 0 Å². The van der Waals surface area contributed by atoms with Crippen LogP contribution in [0.3, 0.4) is 0 Å². The molecule has 4 heteroatoms. The van der Waals surface area contributed by atoms with Crippen LogP contribution < -0.4 is 10.5 Å². The number of halogens is 1. The van der Waals surface area contributed by atoms with E-state index < -0.39 is 0 Å². The molecule has 0 amide bonds. The first-order chi connectivity index (χ1) is 9.13. The summed E-state index contributed by atoms with van der Waals surface area (Å²) in [5, 5.41) is 0.672. The summed E-state index contributed by atoms with van der Waals surface area (Å²) >= 11 is 6.09. The normalized spacial score (nSPS) is 24.3. The number of nitrogens with two attached hydrogens (primary N) is 1. The Labute approximate surface area is 117 Å². The number of ketones is 1. The van der Waals surface area contributed by atoms with Crippen molar-refractivity contribution in [3.8, 4) is 5.75 Å². The van der Waals surface area contributed by atoms with E-state index in [0.29, 0.717) is 24.5 Å². The van der Waals surface area contributed by atoms with Gasteiger partial charge in [-0.05, 0) is 24.1 Å². The molecule has 0 aromatic heterocycles. The summed E-state index contributed by atoms with van der Waals surface area (Å²) in [6.45, 7) is 0.672. The third-order valence-corrected chi connectivity index (χ3v) is 3.94. The number of rotatable bonds is 3. The second-order valence-electron chi connectivity index (χ2n) is 5.19. The SMILES string of the molecule is NC1C=CC(C(=O)Cc2cc(Cl)cc3c2OCC3)C1. The summed E-state index contributed by atoms with van der Waals surface area (Å²) in [4.78, 5) is 12.3. The first-order valence-electron chi connectivity index (χ1n) is 6.54. The van der Waals surface area contributed by atoms with Gasteiger partial charge in [0.1, 0.15) is 11.5 Å². The summed E-state index contributed by atoms with van der Waals surface area (Å²) in [5.41, 5.74) is 7.79. The van der Waals surface area contributed by atoms with Crippen LogP contribution in [0.15, 0.2) is 24.3 Å². The van der Waals surface area contributed by atoms with Crippen LogP contribution in [0.2, 0.25) is 5.02 Å². The smallest absolute Gasteiger partial charge is 0.144 e. The number of hydrogen-bond donors (Lipinski definition) is 1. The Balaban J connectivity index is 1.80. The molecule has 1 aliphatic carbocycles. The number of ether oxygens (including phenoxy) is 1. The Kier molecular flexibility index (Phi) is 3.33. The van der Waals surface area contributed by atoms with Gasteiger partial charge < -0.3 is 10.5 Å². The highest BCUT2D eigenvalue weighted by molar-refractivity contribution is 6.30. The van der Waals surface area contributed by atoms with Gasteiger partial charge in [-0.2, -0.15) is 0 Å². The van der Waals surface area contributed by atoms with Gasteiger partial charge in [0.25, 0.3) is 0 Å². The van der Waals surface area contributed by atoms with Gasteiger partial charge in [-0.15, -0.1) is 0 Å². The maximum absolute atomic E-state index is 12.3. The van der Waals surface area contributed by atoms with Crippen molar-refractivity contribution in [3.05, 3.63) is 40.4 Å². The maximum atomic E-state index is 12.3. The van der Waals surface area contributed by atoms with Crippen molar-refractivity contribution in [2.75, 3.05) is 6.61 Å². The first kappa shape index (κ1) is 12.7. The summed E-state index contributed by atoms with van der Waals surface area (Å²) in [5.74, 6) is 0.972. The highest BCUT2D eigenvalue weighted by Crippen LogP contribution is 2.34. The van der Waals surface area contributed by atoms with Crippen molar-refractivity contribution in [2.45, 2.75) is 25.3 Å². The molecular formula is C15H16ClNO2. The predicted octanol–water partition coefficient (Wildman–Crippen LogP) is 2.29. The van der Waals surface area contributed by atoms with Crippen LogP contribution in [0, 0.1) is 5.92 Å². The molecule has 1 aliphatic heterocycles. The average Bonchev–Trinajstić information content (AvgIpc) is 2.97. The lowest BCUT2D eigenvalue weighted by molar-refractivity contribution is -0.120. The average molecular weight is 278 g/mol. The zero-order chi connectivity index (χ0) is 13.4. The van der Waals surface area contributed by atoms with E-state index >= 15 is 0 Å². The molecule has 100 valence electrons. The molecule has 2 aliphatic rings. The fourth-order valence-electron chi connectivity index (χ4n) is 2.76. The fourth-order valence-corrected chi connectivity index (χ4v) is 3.03. The number of hydrogen-bond acceptors (Lipinski definition) is 3. The molecule has 0 radical (unpaired) electrons. The van der Waals surface area contributed by atoms with Crippen molar-refractivity contribution < 1.29 is 9.53 Å². The van der Waals surface area contributed by atoms with Crippen molar-refractivity contribution in [3.63, 3.8) is 0 Å². The lowest BCUT2D eigenvalue weighted by Gasteiger charge is -2.11. The molecule has 0 fully saturated rings. The van der Waals surface area contributed by atoms with Crippen molar-refractivity contribution in [1.29, 1.82) is 0 Å². The lowest BCUT2D eigenvalue weighted by Crippen LogP contribution is -2.20. The van der Waals surface area contributed by atoms with Crippen molar-refractivity contribution in [1.82, 2.24) is 0 Å². The molecule has 1 heterocycles. The zero-order valence-electron chi connectivity index (χ0n) is 10.6. The summed E-state index contributed by atoms with van der Waals surface area (Å²) in [7, 11) is 0. The molecule has 2 N–H and O–H groups in total. The molecule has 0 saturated heterocycles. The van der Waals surface area contributed by atoms with E-state index in [1.807, 2.05) is 24.3 Å². The van der Waals surface area contributed by atoms with E-state index in [4.69, 9.17) is 22.1 Å². The number of allylic oxidation sites excluding steroid dienone is 1. The second kappa shape index (κ2) is 4.99. The van der Waals surface area contributed by atoms with E-state index in [9.17, 15) is 4.79 Å². The Morgan fingerprint density at radius 2 is 2.26 bits per heavy atom. The largest absolute Gasteiger partial charge is 0.493 e. The van der Waals surface area contributed by atoms with Gasteiger partial charge in [0.15, 0.2) is 0 Å². The van der Waals surface area contributed by atoms with Crippen molar-refractivity contribution in [2.24, 2.45) is 11.7 Å². The maximum Gasteiger partial charge on any atom is 0.144 e. The highest BCUT2D eigenvalue weighted by Gasteiger charge is 2.25. The van der Waals surface area contributed by atoms with E-state index in [2.05, 4.69) is 0 Å². The molecule has 2 unspecified atom stereocenters. The Hall–Kier alpha value is -1.32. The van der Waals surface area contributed by atoms with Crippen LogP contribution in [0.1, 0.15) is 17.5 Å². The molecule has 2 atom stereocenters. The molecule has 1 aromatic rings. The standard InChI is InChI=1S/C15H16ClNO2/c16-12-5-10-3-4-19-15(10)11(6-12)8-14(18)9-1-2-13(17)7-9/h1-2,5-6,9,13H,3-4,7-8,17H2. The number of carbonyl (C=O) groups excluding carboxylic acids is 1. The quantitative estimate of drug-likeness (QED) is 0.863. The number of benzene rings is 1. The second-order valence-corrected chi connectivity index (χ2v) is 5.62. The monoisotopic (exact) mass is 277 g/mol. The van der Waals surface area contributed by atoms with E-state index in [0.717, 1.165) is 23.3 Å². The fraction of sp³-hybridized carbons (Fsp3) is 0.400. The summed E-state index contributed by atoms with van der Waals surface area (Å²) < 4.78 is 5.62. The Bertz CT molecular complexity index is 553. The molecule has 19 heavy (non-hydrogen) atoms. The van der Waals surface area contributed by atoms with Gasteiger partial charge in [-0.3, -0.25) is 4.79 Å². The topological polar surface area (TPSA) is 52.3 Å². The number of Topliss-reactive ketones (excluding diaryl/α,β-unsaturated/α-hetero) is 1. The van der Waals surface area contributed by atoms with Gasteiger partial charge in [0.2, 0.25) is 0 Å². The Morgan fingerprint density at radius 1 is 1.42 bits per heavy atom. The molecule has 0 saturated carbocycles. The van der Waals surface area contributed by atoms with Crippen molar-refractivity contribution >= 4 is 17.4 Å². The van der Waals surface area contributed by atoms with E-state index in [-0.39, 0.29) is 17.7 Å². The van der Waals surface area contributed by atoms with Crippen LogP contribution in [-0.2, 0) is 17.6 Å². The van der Waals surface area contributed by atoms with Gasteiger partial charge >= 0.3 is 0 Å². The minimum Gasteiger partial charge on any atom is -0.493 e. The molecular weight excluding hydrogens is 262 g/mol. The molecule has 0 bridgehead atoms. The van der Waals surface area contributed by atoms with Crippen LogP contribution in [0.5, 0.6) is 5.75 Å². The highest BCUT2D eigenvalue weighted by atomic mass is 35.5. The van der Waals surface area contributed by atoms with Gasteiger partial charge in [0, 0.05) is 35.4 Å². The lowest BCUT2D eigenvalue weighted by atomic mass is 9.95. The van der Waals surface area contributed by atoms with Gasteiger partial charge in [-0.1, -0.05) is 23.8 Å². The molecule has 1 aromatic carbocycles. The van der Waals surface area contributed by atoms with Gasteiger partial charge in [-0.25, -0.2) is 0 Å². The van der Waals surface area contributed by atoms with Crippen LogP contribution in [0.25, 0.3) is 0 Å². The minimum absolute atomic E-state index is 0.00952. The third-order valence-electron chi connectivity index (χ3n) is 3.72. The minimum atomic E-state index is -0.0639. The van der Waals surface area contributed by atoms with E-state index in [1.165, 1.54) is 0 Å². The zero-order valence-corrected chi connectivity index (χ0v) is 11.3. The predicted molar refractivity (Wildman–Crippen MR) is 74.6 cm³/mol. The summed E-state index contributed by atoms with van der Waals surface area (Å²) in [6.07, 6.45) is 5.76. The first-order valence-corrected chi connectivity index (χ1v) is 6.92. The Morgan fingerprint density at radius 3 is 3.00 bits per heavy atom. The molecule has 3 nitrogen and oxygen atoms in total. The van der Waals surface area contributed by atoms with Gasteiger partial charge in [0.05, 0.1) is 6.61 Å².